The first-order valence-electron chi connectivity index (χ1n) is 4.83. The second-order valence-electron chi connectivity index (χ2n) is 3.09. The van der Waals surface area contributed by atoms with E-state index >= 15 is 0 Å². The third-order valence-electron chi connectivity index (χ3n) is 2.04. The molecule has 1 aromatic rings. The second kappa shape index (κ2) is 5.49. The molecule has 0 bridgehead atoms. The van der Waals surface area contributed by atoms with Gasteiger partial charge in [0.05, 0.1) is 18.5 Å². The van der Waals surface area contributed by atoms with Gasteiger partial charge < -0.3 is 4.74 Å². The number of carbonyl (C=O) groups is 1. The molecule has 7 heteroatoms. The Kier molecular flexibility index (Phi) is 4.28. The van der Waals surface area contributed by atoms with E-state index < -0.39 is 11.7 Å². The molecule has 92 valence electrons. The topological polar surface area (TPSA) is 76.5 Å². The molecule has 1 N–H and O–H groups in total. The summed E-state index contributed by atoms with van der Waals surface area (Å²) in [7, 11) is 0. The molecule has 1 aromatic heterocycles. The number of aliphatic imine (C=N–C) groups is 1. The number of aromatic nitrogens is 2. The number of rotatable bonds is 4. The third-order valence-corrected chi connectivity index (χ3v) is 2.26. The lowest BCUT2D eigenvalue weighted by atomic mass is 10.3. The Morgan fingerprint density at radius 1 is 1.71 bits per heavy atom. The highest BCUT2D eigenvalue weighted by atomic mass is 35.5. The van der Waals surface area contributed by atoms with E-state index in [1.165, 1.54) is 10.8 Å². The van der Waals surface area contributed by atoms with Gasteiger partial charge in [0.2, 0.25) is 0 Å². The smallest absolute Gasteiger partial charge is 0.356 e. The molecule has 0 fully saturated rings. The maximum atomic E-state index is 11.6. The molecule has 0 unspecified atom stereocenters. The van der Waals surface area contributed by atoms with Gasteiger partial charge in [-0.15, -0.1) is 0 Å². The number of nitrogens with one attached hydrogen (secondary N) is 1. The quantitative estimate of drug-likeness (QED) is 0.503. The lowest BCUT2D eigenvalue weighted by molar-refractivity contribution is 0.0519. The summed E-state index contributed by atoms with van der Waals surface area (Å²) in [5.41, 5.74) is 0.00392. The fourth-order valence-corrected chi connectivity index (χ4v) is 1.33. The Hall–Kier alpha value is -1.82. The van der Waals surface area contributed by atoms with Crippen LogP contribution in [0.25, 0.3) is 6.20 Å². The van der Waals surface area contributed by atoms with E-state index in [2.05, 4.69) is 16.7 Å². The zero-order chi connectivity index (χ0) is 13.0. The first-order chi connectivity index (χ1) is 8.01. The van der Waals surface area contributed by atoms with Gasteiger partial charge in [-0.3, -0.25) is 14.5 Å². The molecule has 17 heavy (non-hydrogen) atoms. The van der Waals surface area contributed by atoms with Crippen LogP contribution in [0.2, 0.25) is 0 Å². The number of H-pyrrole nitrogens is 1. The van der Waals surface area contributed by atoms with Crippen LogP contribution >= 0.6 is 11.6 Å². The molecule has 0 saturated heterocycles. The molecular formula is C10H12ClN3O3. The van der Waals surface area contributed by atoms with Crippen molar-refractivity contribution in [2.24, 2.45) is 4.99 Å². The number of esters is 1. The summed E-state index contributed by atoms with van der Waals surface area (Å²) in [4.78, 5) is 28.9. The summed E-state index contributed by atoms with van der Waals surface area (Å²) >= 11 is 5.64. The fraction of sp³-hybridized carbons (Fsp3) is 0.300. The summed E-state index contributed by atoms with van der Waals surface area (Å²) in [5.74, 6) is -0.586. The van der Waals surface area contributed by atoms with E-state index in [1.807, 2.05) is 0 Å². The second-order valence-corrected chi connectivity index (χ2v) is 3.48. The summed E-state index contributed by atoms with van der Waals surface area (Å²) < 4.78 is 5.97. The standard InChI is InChI=1S/C10H12ClN3O3/c1-4-17-9(15)8-6(2)14(10(16)13-8)5-7(11)12-3/h5H,3-4H2,1-2H3,(H,13,16)/b7-5-. The summed E-state index contributed by atoms with van der Waals surface area (Å²) in [5, 5.41) is 0.0459. The van der Waals surface area contributed by atoms with Gasteiger partial charge in [-0.1, -0.05) is 11.6 Å². The fourth-order valence-electron chi connectivity index (χ4n) is 1.24. The Balaban J connectivity index is 3.24. The van der Waals surface area contributed by atoms with Gasteiger partial charge >= 0.3 is 11.7 Å². The van der Waals surface area contributed by atoms with Crippen LogP contribution < -0.4 is 5.69 Å². The molecule has 6 nitrogen and oxygen atoms in total. The summed E-state index contributed by atoms with van der Waals surface area (Å²) in [6.07, 6.45) is 1.27. The molecule has 0 aromatic carbocycles. The van der Waals surface area contributed by atoms with Gasteiger partial charge in [0, 0.05) is 0 Å². The zero-order valence-electron chi connectivity index (χ0n) is 9.49. The van der Waals surface area contributed by atoms with Crippen molar-refractivity contribution >= 4 is 30.5 Å². The van der Waals surface area contributed by atoms with E-state index in [0.717, 1.165) is 0 Å². The van der Waals surface area contributed by atoms with E-state index in [-0.39, 0.29) is 17.5 Å². The van der Waals surface area contributed by atoms with Gasteiger partial charge in [-0.25, -0.2) is 9.59 Å². The van der Waals surface area contributed by atoms with Crippen LogP contribution in [0.4, 0.5) is 0 Å². The van der Waals surface area contributed by atoms with Gasteiger partial charge in [-0.05, 0) is 20.6 Å². The number of halogens is 1. The molecule has 1 heterocycles. The minimum Gasteiger partial charge on any atom is -0.461 e. The van der Waals surface area contributed by atoms with Crippen LogP contribution in [0.5, 0.6) is 0 Å². The van der Waals surface area contributed by atoms with Crippen molar-refractivity contribution in [1.82, 2.24) is 9.55 Å². The number of imidazole rings is 1. The van der Waals surface area contributed by atoms with Gasteiger partial charge in [0.15, 0.2) is 0 Å². The predicted molar refractivity (Wildman–Crippen MR) is 65.4 cm³/mol. The van der Waals surface area contributed by atoms with Crippen LogP contribution in [-0.4, -0.2) is 28.8 Å². The Morgan fingerprint density at radius 2 is 2.35 bits per heavy atom. The normalized spacial score (nSPS) is 11.4. The minimum absolute atomic E-state index is 0.0459. The molecule has 0 radical (unpaired) electrons. The van der Waals surface area contributed by atoms with Crippen molar-refractivity contribution < 1.29 is 9.53 Å². The molecule has 0 atom stereocenters. The largest absolute Gasteiger partial charge is 0.461 e. The molecule has 0 aliphatic carbocycles. The van der Waals surface area contributed by atoms with Crippen LogP contribution in [0, 0.1) is 6.92 Å². The van der Waals surface area contributed by atoms with Gasteiger partial charge in [0.1, 0.15) is 10.9 Å². The van der Waals surface area contributed by atoms with E-state index in [4.69, 9.17) is 16.3 Å². The molecule has 1 rings (SSSR count). The number of carbonyl (C=O) groups excluding carboxylic acids is 1. The molecular weight excluding hydrogens is 246 g/mol. The van der Waals surface area contributed by atoms with E-state index in [9.17, 15) is 9.59 Å². The third kappa shape index (κ3) is 2.85. The molecule has 0 saturated carbocycles. The number of ether oxygens (including phenoxy) is 1. The predicted octanol–water partition coefficient (Wildman–Crippen LogP) is 1.36. The molecule has 0 spiro atoms. The van der Waals surface area contributed by atoms with E-state index in [1.54, 1.807) is 13.8 Å². The van der Waals surface area contributed by atoms with Gasteiger partial charge in [-0.2, -0.15) is 0 Å². The molecule has 0 aliphatic heterocycles. The summed E-state index contributed by atoms with van der Waals surface area (Å²) in [6, 6.07) is 0. The van der Waals surface area contributed by atoms with Crippen molar-refractivity contribution in [1.29, 1.82) is 0 Å². The number of hydrogen-bond donors (Lipinski definition) is 1. The van der Waals surface area contributed by atoms with E-state index in [0.29, 0.717) is 5.69 Å². The Labute approximate surface area is 103 Å². The van der Waals surface area contributed by atoms with Crippen molar-refractivity contribution in [2.75, 3.05) is 6.61 Å². The highest BCUT2D eigenvalue weighted by molar-refractivity contribution is 6.31. The average molecular weight is 258 g/mol. The van der Waals surface area contributed by atoms with Crippen LogP contribution in [-0.2, 0) is 4.74 Å². The maximum Gasteiger partial charge on any atom is 0.356 e. The van der Waals surface area contributed by atoms with Crippen LogP contribution in [0.1, 0.15) is 23.1 Å². The van der Waals surface area contributed by atoms with Crippen LogP contribution in [0.15, 0.2) is 14.9 Å². The molecule has 0 aliphatic rings. The average Bonchev–Trinajstić information content (AvgIpc) is 2.57. The first-order valence-corrected chi connectivity index (χ1v) is 5.21. The highest BCUT2D eigenvalue weighted by Crippen LogP contribution is 2.09. The zero-order valence-corrected chi connectivity index (χ0v) is 10.2. The van der Waals surface area contributed by atoms with Crippen molar-refractivity contribution in [3.8, 4) is 0 Å². The lowest BCUT2D eigenvalue weighted by Crippen LogP contribution is -2.12. The van der Waals surface area contributed by atoms with Crippen LogP contribution in [0.3, 0.4) is 0 Å². The number of hydrogen-bond acceptors (Lipinski definition) is 4. The van der Waals surface area contributed by atoms with Crippen molar-refractivity contribution in [2.45, 2.75) is 13.8 Å². The number of aromatic amines is 1. The SMILES string of the molecule is C=N/C(Cl)=C\n1c(C)c(C(=O)OCC)[nH]c1=O. The van der Waals surface area contributed by atoms with Crippen molar-refractivity contribution in [3.05, 3.63) is 27.0 Å². The monoisotopic (exact) mass is 257 g/mol. The number of nitrogens with zero attached hydrogens (tertiary/aromatic N) is 2. The first kappa shape index (κ1) is 13.2. The van der Waals surface area contributed by atoms with Crippen molar-refractivity contribution in [3.63, 3.8) is 0 Å². The Morgan fingerprint density at radius 3 is 2.88 bits per heavy atom. The van der Waals surface area contributed by atoms with Gasteiger partial charge in [0.25, 0.3) is 0 Å². The Bertz CT molecular complexity index is 527. The molecule has 0 amide bonds. The lowest BCUT2D eigenvalue weighted by Gasteiger charge is -2.00. The highest BCUT2D eigenvalue weighted by Gasteiger charge is 2.16. The minimum atomic E-state index is -0.586. The maximum absolute atomic E-state index is 11.6. The summed E-state index contributed by atoms with van der Waals surface area (Å²) in [6.45, 7) is 6.72.